The monoisotopic (exact) mass is 287 g/mol. The summed E-state index contributed by atoms with van der Waals surface area (Å²) in [7, 11) is 3.94. The average Bonchev–Trinajstić information content (AvgIpc) is 2.33. The molecule has 0 rings (SSSR count). The van der Waals surface area contributed by atoms with E-state index in [1.165, 1.54) is 0 Å². The number of ether oxygens (including phenoxy) is 2. The van der Waals surface area contributed by atoms with Crippen molar-refractivity contribution in [3.05, 3.63) is 0 Å². The Bertz CT molecular complexity index is 300. The first-order chi connectivity index (χ1) is 9.23. The van der Waals surface area contributed by atoms with Crippen molar-refractivity contribution in [1.82, 2.24) is 4.90 Å². The van der Waals surface area contributed by atoms with Crippen LogP contribution in [-0.4, -0.2) is 50.7 Å². The van der Waals surface area contributed by atoms with Crippen LogP contribution in [0.4, 0.5) is 0 Å². The number of esters is 2. The van der Waals surface area contributed by atoms with E-state index in [1.807, 2.05) is 46.7 Å². The minimum atomic E-state index is -0.187. The van der Waals surface area contributed by atoms with Gasteiger partial charge in [0, 0.05) is 12.5 Å². The summed E-state index contributed by atoms with van der Waals surface area (Å²) in [5.41, 5.74) is 0. The maximum Gasteiger partial charge on any atom is 0.308 e. The molecule has 0 N–H and O–H groups in total. The molecule has 1 atom stereocenters. The largest absolute Gasteiger partial charge is 0.465 e. The van der Waals surface area contributed by atoms with Crippen molar-refractivity contribution in [3.63, 3.8) is 0 Å². The van der Waals surface area contributed by atoms with Gasteiger partial charge in [-0.3, -0.25) is 9.59 Å². The number of carbonyl (C=O) groups excluding carboxylic acids is 2. The molecule has 0 bridgehead atoms. The van der Waals surface area contributed by atoms with Crippen LogP contribution in [0, 0.1) is 17.8 Å². The number of carbonyl (C=O) groups is 2. The summed E-state index contributed by atoms with van der Waals surface area (Å²) in [6.45, 7) is 8.78. The molecular formula is C15H29NO4. The fraction of sp³-hybridized carbons (Fsp3) is 0.867. The standard InChI is InChI=1S/C15H29NO4/c1-11(2)14(17)19-8-7-13(9-16(5)6)10-20-15(18)12(3)4/h11-13H,7-10H2,1-6H3. The summed E-state index contributed by atoms with van der Waals surface area (Å²) in [6.07, 6.45) is 0.696. The van der Waals surface area contributed by atoms with Crippen LogP contribution < -0.4 is 0 Å². The second-order valence-electron chi connectivity index (χ2n) is 6.02. The van der Waals surface area contributed by atoms with Crippen molar-refractivity contribution in [2.24, 2.45) is 17.8 Å². The summed E-state index contributed by atoms with van der Waals surface area (Å²) in [5, 5.41) is 0. The molecule has 0 saturated carbocycles. The topological polar surface area (TPSA) is 55.8 Å². The normalized spacial score (nSPS) is 12.8. The van der Waals surface area contributed by atoms with Gasteiger partial charge in [-0.2, -0.15) is 0 Å². The molecule has 0 radical (unpaired) electrons. The van der Waals surface area contributed by atoms with Gasteiger partial charge in [0.2, 0.25) is 0 Å². The number of hydrogen-bond donors (Lipinski definition) is 0. The van der Waals surface area contributed by atoms with Crippen molar-refractivity contribution < 1.29 is 19.1 Å². The van der Waals surface area contributed by atoms with Crippen LogP contribution in [0.15, 0.2) is 0 Å². The molecular weight excluding hydrogens is 258 g/mol. The highest BCUT2D eigenvalue weighted by Crippen LogP contribution is 2.09. The Hall–Kier alpha value is -1.10. The number of rotatable bonds is 9. The fourth-order valence-electron chi connectivity index (χ4n) is 1.60. The molecule has 5 nitrogen and oxygen atoms in total. The zero-order valence-electron chi connectivity index (χ0n) is 13.6. The van der Waals surface area contributed by atoms with Crippen LogP contribution in [0.2, 0.25) is 0 Å². The van der Waals surface area contributed by atoms with Gasteiger partial charge in [-0.15, -0.1) is 0 Å². The minimum absolute atomic E-state index is 0.110. The molecule has 0 aromatic rings. The minimum Gasteiger partial charge on any atom is -0.465 e. The van der Waals surface area contributed by atoms with Crippen LogP contribution in [0.25, 0.3) is 0 Å². The lowest BCUT2D eigenvalue weighted by Crippen LogP contribution is -2.28. The fourth-order valence-corrected chi connectivity index (χ4v) is 1.60. The smallest absolute Gasteiger partial charge is 0.308 e. The van der Waals surface area contributed by atoms with E-state index in [9.17, 15) is 9.59 Å². The van der Waals surface area contributed by atoms with Gasteiger partial charge in [-0.05, 0) is 20.5 Å². The predicted octanol–water partition coefficient (Wildman–Crippen LogP) is 1.95. The van der Waals surface area contributed by atoms with Gasteiger partial charge in [-0.1, -0.05) is 27.7 Å². The molecule has 0 heterocycles. The van der Waals surface area contributed by atoms with Crippen LogP contribution in [0.5, 0.6) is 0 Å². The van der Waals surface area contributed by atoms with E-state index >= 15 is 0 Å². The average molecular weight is 287 g/mol. The van der Waals surface area contributed by atoms with Crippen molar-refractivity contribution in [2.45, 2.75) is 34.1 Å². The zero-order chi connectivity index (χ0) is 15.7. The summed E-state index contributed by atoms with van der Waals surface area (Å²) in [4.78, 5) is 24.9. The van der Waals surface area contributed by atoms with E-state index in [0.29, 0.717) is 19.6 Å². The first kappa shape index (κ1) is 18.9. The Balaban J connectivity index is 4.15. The molecule has 0 fully saturated rings. The lowest BCUT2D eigenvalue weighted by molar-refractivity contribution is -0.151. The molecule has 0 aliphatic heterocycles. The molecule has 0 saturated heterocycles. The maximum atomic E-state index is 11.5. The Morgan fingerprint density at radius 2 is 1.45 bits per heavy atom. The molecule has 20 heavy (non-hydrogen) atoms. The van der Waals surface area contributed by atoms with Crippen LogP contribution in [-0.2, 0) is 19.1 Å². The molecule has 118 valence electrons. The highest BCUT2D eigenvalue weighted by molar-refractivity contribution is 5.71. The molecule has 5 heteroatoms. The Morgan fingerprint density at radius 3 is 1.90 bits per heavy atom. The van der Waals surface area contributed by atoms with Crippen molar-refractivity contribution in [3.8, 4) is 0 Å². The van der Waals surface area contributed by atoms with Crippen molar-refractivity contribution >= 4 is 11.9 Å². The van der Waals surface area contributed by atoms with Crippen LogP contribution in [0.1, 0.15) is 34.1 Å². The molecule has 0 aromatic heterocycles. The Kier molecular flexibility index (Phi) is 9.21. The lowest BCUT2D eigenvalue weighted by Gasteiger charge is -2.21. The van der Waals surface area contributed by atoms with E-state index in [0.717, 1.165) is 6.54 Å². The summed E-state index contributed by atoms with van der Waals surface area (Å²) >= 11 is 0. The van der Waals surface area contributed by atoms with Crippen LogP contribution >= 0.6 is 0 Å². The summed E-state index contributed by atoms with van der Waals surface area (Å²) in [5.74, 6) is -0.428. The second-order valence-corrected chi connectivity index (χ2v) is 6.02. The van der Waals surface area contributed by atoms with E-state index in [2.05, 4.69) is 0 Å². The van der Waals surface area contributed by atoms with E-state index in [4.69, 9.17) is 9.47 Å². The highest BCUT2D eigenvalue weighted by atomic mass is 16.5. The van der Waals surface area contributed by atoms with Crippen LogP contribution in [0.3, 0.4) is 0 Å². The third-order valence-electron chi connectivity index (χ3n) is 2.80. The Morgan fingerprint density at radius 1 is 0.950 bits per heavy atom. The third-order valence-corrected chi connectivity index (χ3v) is 2.80. The van der Waals surface area contributed by atoms with Gasteiger partial charge >= 0.3 is 11.9 Å². The Labute approximate surface area is 122 Å². The van der Waals surface area contributed by atoms with Gasteiger partial charge in [0.25, 0.3) is 0 Å². The first-order valence-corrected chi connectivity index (χ1v) is 7.22. The molecule has 0 amide bonds. The second kappa shape index (κ2) is 9.75. The van der Waals surface area contributed by atoms with E-state index in [-0.39, 0.29) is 29.7 Å². The zero-order valence-corrected chi connectivity index (χ0v) is 13.6. The van der Waals surface area contributed by atoms with Gasteiger partial charge in [0.1, 0.15) is 0 Å². The van der Waals surface area contributed by atoms with E-state index < -0.39 is 0 Å². The molecule has 0 spiro atoms. The number of hydrogen-bond acceptors (Lipinski definition) is 5. The first-order valence-electron chi connectivity index (χ1n) is 7.22. The van der Waals surface area contributed by atoms with Gasteiger partial charge < -0.3 is 14.4 Å². The van der Waals surface area contributed by atoms with E-state index in [1.54, 1.807) is 0 Å². The lowest BCUT2D eigenvalue weighted by atomic mass is 10.1. The predicted molar refractivity (Wildman–Crippen MR) is 78.3 cm³/mol. The third kappa shape index (κ3) is 8.91. The molecule has 1 unspecified atom stereocenters. The van der Waals surface area contributed by atoms with Gasteiger partial charge in [0.05, 0.1) is 25.0 Å². The molecule has 0 aliphatic carbocycles. The quantitative estimate of drug-likeness (QED) is 0.607. The number of nitrogens with zero attached hydrogens (tertiary/aromatic N) is 1. The van der Waals surface area contributed by atoms with Gasteiger partial charge in [-0.25, -0.2) is 0 Å². The highest BCUT2D eigenvalue weighted by Gasteiger charge is 2.16. The maximum absolute atomic E-state index is 11.5. The molecule has 0 aliphatic rings. The van der Waals surface area contributed by atoms with Crippen molar-refractivity contribution in [2.75, 3.05) is 33.9 Å². The summed E-state index contributed by atoms with van der Waals surface area (Å²) < 4.78 is 10.4. The SMILES string of the molecule is CC(C)C(=O)OCCC(COC(=O)C(C)C)CN(C)C. The summed E-state index contributed by atoms with van der Waals surface area (Å²) in [6, 6.07) is 0. The van der Waals surface area contributed by atoms with Crippen molar-refractivity contribution in [1.29, 1.82) is 0 Å². The van der Waals surface area contributed by atoms with Gasteiger partial charge in [0.15, 0.2) is 0 Å². The molecule has 0 aromatic carbocycles.